The smallest absolute Gasteiger partial charge is 0.191 e. The number of aliphatic imine (C=N–C) groups is 1. The number of ether oxygens (including phenoxy) is 1. The molecular formula is C18H22N4OS. The Hall–Kier alpha value is -2.34. The molecule has 126 valence electrons. The molecule has 0 aliphatic heterocycles. The average Bonchev–Trinajstić information content (AvgIpc) is 3.30. The minimum Gasteiger partial charge on any atom is -0.497 e. The highest BCUT2D eigenvalue weighted by Gasteiger charge is 2.12. The lowest BCUT2D eigenvalue weighted by Gasteiger charge is -2.16. The lowest BCUT2D eigenvalue weighted by molar-refractivity contribution is 0.415. The van der Waals surface area contributed by atoms with Crippen LogP contribution in [0.5, 0.6) is 5.75 Å². The van der Waals surface area contributed by atoms with Gasteiger partial charge in [0.1, 0.15) is 10.8 Å². The first-order valence-electron chi connectivity index (χ1n) is 7.99. The van der Waals surface area contributed by atoms with Gasteiger partial charge in [-0.05, 0) is 37.1 Å². The van der Waals surface area contributed by atoms with Crippen molar-refractivity contribution in [2.24, 2.45) is 4.99 Å². The highest BCUT2D eigenvalue weighted by molar-refractivity contribution is 7.13. The Labute approximate surface area is 146 Å². The lowest BCUT2D eigenvalue weighted by Crippen LogP contribution is -2.42. The third-order valence-corrected chi connectivity index (χ3v) is 4.84. The SMILES string of the molecule is CN=C(NCc1csc(-c2ccc(OC)cc2)n1)NC1CC=CC1. The van der Waals surface area contributed by atoms with Crippen LogP contribution in [0.3, 0.4) is 0 Å². The summed E-state index contributed by atoms with van der Waals surface area (Å²) in [6, 6.07) is 8.42. The van der Waals surface area contributed by atoms with Gasteiger partial charge in [-0.15, -0.1) is 11.3 Å². The molecule has 0 fully saturated rings. The van der Waals surface area contributed by atoms with E-state index in [4.69, 9.17) is 9.72 Å². The molecular weight excluding hydrogens is 320 g/mol. The highest BCUT2D eigenvalue weighted by Crippen LogP contribution is 2.25. The fourth-order valence-electron chi connectivity index (χ4n) is 2.55. The van der Waals surface area contributed by atoms with Gasteiger partial charge in [0.25, 0.3) is 0 Å². The topological polar surface area (TPSA) is 58.5 Å². The van der Waals surface area contributed by atoms with Crippen molar-refractivity contribution in [1.29, 1.82) is 0 Å². The van der Waals surface area contributed by atoms with Crippen LogP contribution >= 0.6 is 11.3 Å². The van der Waals surface area contributed by atoms with Crippen LogP contribution in [0, 0.1) is 0 Å². The van der Waals surface area contributed by atoms with Crippen molar-refractivity contribution in [2.45, 2.75) is 25.4 Å². The molecule has 0 radical (unpaired) electrons. The second kappa shape index (κ2) is 7.97. The molecule has 0 saturated heterocycles. The number of aromatic nitrogens is 1. The number of benzene rings is 1. The Morgan fingerprint density at radius 1 is 1.29 bits per heavy atom. The molecule has 0 amide bonds. The third kappa shape index (κ3) is 4.14. The summed E-state index contributed by atoms with van der Waals surface area (Å²) in [5.74, 6) is 1.68. The van der Waals surface area contributed by atoms with E-state index in [1.54, 1.807) is 25.5 Å². The Morgan fingerprint density at radius 3 is 2.71 bits per heavy atom. The maximum absolute atomic E-state index is 5.19. The minimum atomic E-state index is 0.446. The predicted octanol–water partition coefficient (Wildman–Crippen LogP) is 3.20. The lowest BCUT2D eigenvalue weighted by atomic mass is 10.2. The van der Waals surface area contributed by atoms with Gasteiger partial charge in [0.15, 0.2) is 5.96 Å². The van der Waals surface area contributed by atoms with E-state index in [0.29, 0.717) is 12.6 Å². The van der Waals surface area contributed by atoms with Crippen molar-refractivity contribution < 1.29 is 4.74 Å². The molecule has 1 aliphatic carbocycles. The first kappa shape index (κ1) is 16.5. The molecule has 0 atom stereocenters. The quantitative estimate of drug-likeness (QED) is 0.498. The number of rotatable bonds is 5. The molecule has 0 bridgehead atoms. The Bertz CT molecular complexity index is 713. The van der Waals surface area contributed by atoms with Crippen LogP contribution in [0.25, 0.3) is 10.6 Å². The molecule has 2 N–H and O–H groups in total. The van der Waals surface area contributed by atoms with Crippen LogP contribution in [-0.2, 0) is 6.54 Å². The van der Waals surface area contributed by atoms with Gasteiger partial charge in [0, 0.05) is 24.0 Å². The molecule has 5 nitrogen and oxygen atoms in total. The van der Waals surface area contributed by atoms with Gasteiger partial charge in [-0.25, -0.2) is 4.98 Å². The van der Waals surface area contributed by atoms with E-state index in [1.165, 1.54) is 0 Å². The number of methoxy groups -OCH3 is 1. The normalized spacial score (nSPS) is 14.8. The Kier molecular flexibility index (Phi) is 5.48. The van der Waals surface area contributed by atoms with E-state index < -0.39 is 0 Å². The fourth-order valence-corrected chi connectivity index (χ4v) is 3.38. The molecule has 0 spiro atoms. The molecule has 2 aromatic rings. The van der Waals surface area contributed by atoms with Gasteiger partial charge in [-0.2, -0.15) is 0 Å². The van der Waals surface area contributed by atoms with Gasteiger partial charge in [0.05, 0.1) is 19.3 Å². The summed E-state index contributed by atoms with van der Waals surface area (Å²) in [7, 11) is 3.46. The maximum atomic E-state index is 5.19. The van der Waals surface area contributed by atoms with Gasteiger partial charge >= 0.3 is 0 Å². The second-order valence-electron chi connectivity index (χ2n) is 5.58. The summed E-state index contributed by atoms with van der Waals surface area (Å²) < 4.78 is 5.19. The molecule has 1 aromatic heterocycles. The van der Waals surface area contributed by atoms with Crippen LogP contribution < -0.4 is 15.4 Å². The fraction of sp³-hybridized carbons (Fsp3) is 0.333. The van der Waals surface area contributed by atoms with Crippen molar-refractivity contribution in [3.8, 4) is 16.3 Å². The Morgan fingerprint density at radius 2 is 2.04 bits per heavy atom. The van der Waals surface area contributed by atoms with E-state index in [2.05, 4.69) is 33.2 Å². The number of hydrogen-bond acceptors (Lipinski definition) is 4. The molecule has 3 rings (SSSR count). The van der Waals surface area contributed by atoms with Crippen molar-refractivity contribution in [3.63, 3.8) is 0 Å². The summed E-state index contributed by atoms with van der Waals surface area (Å²) in [5.41, 5.74) is 2.12. The van der Waals surface area contributed by atoms with Gasteiger partial charge in [0.2, 0.25) is 0 Å². The van der Waals surface area contributed by atoms with Crippen molar-refractivity contribution in [2.75, 3.05) is 14.2 Å². The zero-order valence-electron chi connectivity index (χ0n) is 14.0. The van der Waals surface area contributed by atoms with E-state index in [-0.39, 0.29) is 0 Å². The van der Waals surface area contributed by atoms with Crippen LogP contribution in [-0.4, -0.2) is 31.1 Å². The number of nitrogens with zero attached hydrogens (tertiary/aromatic N) is 2. The zero-order chi connectivity index (χ0) is 16.8. The van der Waals surface area contributed by atoms with Crippen LogP contribution in [0.15, 0.2) is 46.8 Å². The summed E-state index contributed by atoms with van der Waals surface area (Å²) >= 11 is 1.65. The van der Waals surface area contributed by atoms with Crippen molar-refractivity contribution >= 4 is 17.3 Å². The number of thiazole rings is 1. The van der Waals surface area contributed by atoms with Gasteiger partial charge in [-0.1, -0.05) is 12.2 Å². The van der Waals surface area contributed by atoms with Crippen molar-refractivity contribution in [3.05, 3.63) is 47.5 Å². The van der Waals surface area contributed by atoms with Crippen LogP contribution in [0.4, 0.5) is 0 Å². The second-order valence-corrected chi connectivity index (χ2v) is 6.44. The number of guanidine groups is 1. The zero-order valence-corrected chi connectivity index (χ0v) is 14.8. The summed E-state index contributed by atoms with van der Waals surface area (Å²) in [4.78, 5) is 8.97. The van der Waals surface area contributed by atoms with E-state index in [9.17, 15) is 0 Å². The van der Waals surface area contributed by atoms with E-state index in [1.807, 2.05) is 24.3 Å². The number of hydrogen-bond donors (Lipinski definition) is 2. The Balaban J connectivity index is 1.56. The molecule has 6 heteroatoms. The number of nitrogens with one attached hydrogen (secondary N) is 2. The van der Waals surface area contributed by atoms with Crippen LogP contribution in [0.2, 0.25) is 0 Å². The molecule has 1 aromatic carbocycles. The first-order valence-corrected chi connectivity index (χ1v) is 8.87. The maximum Gasteiger partial charge on any atom is 0.191 e. The van der Waals surface area contributed by atoms with E-state index in [0.717, 1.165) is 40.8 Å². The summed E-state index contributed by atoms with van der Waals surface area (Å²) in [6.07, 6.45) is 6.51. The third-order valence-electron chi connectivity index (χ3n) is 3.90. The molecule has 0 saturated carbocycles. The summed E-state index contributed by atoms with van der Waals surface area (Å²) in [6.45, 7) is 0.659. The minimum absolute atomic E-state index is 0.446. The molecule has 1 aliphatic rings. The standard InChI is InChI=1S/C18H22N4OS/c1-19-18(22-14-5-3-4-6-14)20-11-15-12-24-17(21-15)13-7-9-16(23-2)10-8-13/h3-4,7-10,12,14H,5-6,11H2,1-2H3,(H2,19,20,22). The summed E-state index contributed by atoms with van der Waals surface area (Å²) in [5, 5.41) is 9.85. The molecule has 0 unspecified atom stereocenters. The monoisotopic (exact) mass is 342 g/mol. The first-order chi connectivity index (χ1) is 11.8. The largest absolute Gasteiger partial charge is 0.497 e. The van der Waals surface area contributed by atoms with Gasteiger partial charge < -0.3 is 15.4 Å². The van der Waals surface area contributed by atoms with E-state index >= 15 is 0 Å². The van der Waals surface area contributed by atoms with Crippen molar-refractivity contribution in [1.82, 2.24) is 15.6 Å². The predicted molar refractivity (Wildman–Crippen MR) is 99.6 cm³/mol. The van der Waals surface area contributed by atoms with Crippen LogP contribution in [0.1, 0.15) is 18.5 Å². The molecule has 1 heterocycles. The molecule has 24 heavy (non-hydrogen) atoms. The highest BCUT2D eigenvalue weighted by atomic mass is 32.1. The average molecular weight is 342 g/mol. The van der Waals surface area contributed by atoms with Gasteiger partial charge in [-0.3, -0.25) is 4.99 Å².